The quantitative estimate of drug-likeness (QED) is 0.290. The summed E-state index contributed by atoms with van der Waals surface area (Å²) in [5.74, 6) is 0.439. The van der Waals surface area contributed by atoms with Gasteiger partial charge < -0.3 is 10.1 Å². The molecule has 0 radical (unpaired) electrons. The number of H-pyrrole nitrogens is 1. The third-order valence-corrected chi connectivity index (χ3v) is 6.25. The van der Waals surface area contributed by atoms with Crippen LogP contribution in [-0.4, -0.2) is 38.5 Å². The maximum atomic E-state index is 12.6. The third kappa shape index (κ3) is 4.21. The van der Waals surface area contributed by atoms with Crippen LogP contribution in [0.25, 0.3) is 16.7 Å². The van der Waals surface area contributed by atoms with Crippen molar-refractivity contribution in [3.63, 3.8) is 0 Å². The molecule has 0 fully saturated rings. The fourth-order valence-corrected chi connectivity index (χ4v) is 4.23. The van der Waals surface area contributed by atoms with Gasteiger partial charge in [0.2, 0.25) is 5.91 Å². The second kappa shape index (κ2) is 9.05. The van der Waals surface area contributed by atoms with Gasteiger partial charge in [0.25, 0.3) is 0 Å². The number of halogens is 1. The number of amides is 1. The zero-order chi connectivity index (χ0) is 22.8. The van der Waals surface area contributed by atoms with Crippen LogP contribution in [0.1, 0.15) is 11.3 Å². The Labute approximate surface area is 193 Å². The van der Waals surface area contributed by atoms with E-state index in [0.29, 0.717) is 38.3 Å². The molecular weight excluding hydrogens is 448 g/mol. The molecule has 2 aromatic heterocycles. The molecule has 3 N–H and O–H groups in total. The van der Waals surface area contributed by atoms with Crippen LogP contribution in [0.3, 0.4) is 0 Å². The van der Waals surface area contributed by atoms with Crippen LogP contribution in [0.5, 0.6) is 5.75 Å². The van der Waals surface area contributed by atoms with Crippen molar-refractivity contribution >= 4 is 46.0 Å². The number of ether oxygens (including phenoxy) is 1. The number of nitrogens with one attached hydrogen (secondary N) is 3. The lowest BCUT2D eigenvalue weighted by Crippen LogP contribution is -2.23. The van der Waals surface area contributed by atoms with Gasteiger partial charge in [0.15, 0.2) is 10.8 Å². The number of fused-ring (bicyclic) bond motifs is 1. The molecule has 32 heavy (non-hydrogen) atoms. The fraction of sp³-hybridized carbons (Fsp3) is 0.182. The first-order chi connectivity index (χ1) is 15.4. The molecule has 0 spiro atoms. The monoisotopic (exact) mass is 468 g/mol. The van der Waals surface area contributed by atoms with E-state index in [1.54, 1.807) is 29.9 Å². The number of nitrogens with zero attached hydrogens (tertiary/aromatic N) is 3. The smallest absolute Gasteiger partial charge is 0.234 e. The van der Waals surface area contributed by atoms with Crippen molar-refractivity contribution in [2.75, 3.05) is 18.2 Å². The molecule has 0 saturated carbocycles. The van der Waals surface area contributed by atoms with Crippen molar-refractivity contribution in [2.24, 2.45) is 0 Å². The highest BCUT2D eigenvalue weighted by atomic mass is 35.5. The van der Waals surface area contributed by atoms with Gasteiger partial charge in [0, 0.05) is 10.7 Å². The summed E-state index contributed by atoms with van der Waals surface area (Å²) in [4.78, 5) is 17.3. The van der Waals surface area contributed by atoms with E-state index in [2.05, 4.69) is 20.5 Å². The van der Waals surface area contributed by atoms with E-state index in [1.807, 2.05) is 38.1 Å². The van der Waals surface area contributed by atoms with Crippen molar-refractivity contribution in [3.8, 4) is 11.4 Å². The summed E-state index contributed by atoms with van der Waals surface area (Å²) in [5, 5.41) is 20.4. The molecule has 0 atom stereocenters. The van der Waals surface area contributed by atoms with E-state index in [1.165, 1.54) is 11.8 Å². The van der Waals surface area contributed by atoms with E-state index in [9.17, 15) is 4.79 Å². The molecule has 164 valence electrons. The number of rotatable bonds is 6. The summed E-state index contributed by atoms with van der Waals surface area (Å²) in [7, 11) is 1.55. The number of methoxy groups -OCH3 is 1. The van der Waals surface area contributed by atoms with Gasteiger partial charge in [0.1, 0.15) is 11.2 Å². The predicted octanol–water partition coefficient (Wildman–Crippen LogP) is 4.24. The van der Waals surface area contributed by atoms with Gasteiger partial charge >= 0.3 is 0 Å². The molecule has 0 unspecified atom stereocenters. The lowest BCUT2D eigenvalue weighted by Gasteiger charge is -2.14. The average molecular weight is 469 g/mol. The molecule has 10 heteroatoms. The summed E-state index contributed by atoms with van der Waals surface area (Å²) in [6, 6.07) is 12.8. The molecule has 1 amide bonds. The van der Waals surface area contributed by atoms with Gasteiger partial charge in [-0.15, -0.1) is 0 Å². The van der Waals surface area contributed by atoms with E-state index in [-0.39, 0.29) is 17.1 Å². The number of hydrogen-bond acceptors (Lipinski definition) is 6. The molecule has 4 aromatic rings. The fourth-order valence-electron chi connectivity index (χ4n) is 3.25. The minimum absolute atomic E-state index is 0.0823. The molecular formula is C22H21ClN6O2S. The number of para-hydroxylation sites is 2. The molecule has 0 saturated heterocycles. The summed E-state index contributed by atoms with van der Waals surface area (Å²) in [5.41, 5.74) is 3.60. The van der Waals surface area contributed by atoms with Crippen LogP contribution >= 0.6 is 23.4 Å². The maximum absolute atomic E-state index is 12.6. The summed E-state index contributed by atoms with van der Waals surface area (Å²) in [6.07, 6.45) is 0. The molecule has 0 aliphatic heterocycles. The molecule has 4 rings (SSSR count). The third-order valence-electron chi connectivity index (χ3n) is 4.91. The highest BCUT2D eigenvalue weighted by Crippen LogP contribution is 2.26. The van der Waals surface area contributed by atoms with Gasteiger partial charge in [-0.25, -0.2) is 4.98 Å². The van der Waals surface area contributed by atoms with Crippen molar-refractivity contribution in [3.05, 3.63) is 64.2 Å². The number of carbonyl (C=O) groups is 1. The molecule has 0 aliphatic rings. The number of anilines is 1. The first-order valence-corrected chi connectivity index (χ1v) is 11.1. The van der Waals surface area contributed by atoms with Crippen molar-refractivity contribution < 1.29 is 9.53 Å². The Morgan fingerprint density at radius 1 is 1.28 bits per heavy atom. The number of aromatic amines is 1. The Kier molecular flexibility index (Phi) is 6.20. The number of aryl methyl sites for hydroxylation is 2. The lowest BCUT2D eigenvalue weighted by molar-refractivity contribution is -0.113. The number of aromatic nitrogens is 4. The second-order valence-corrected chi connectivity index (χ2v) is 8.45. The first-order valence-electron chi connectivity index (χ1n) is 9.73. The summed E-state index contributed by atoms with van der Waals surface area (Å²) < 4.78 is 6.96. The predicted molar refractivity (Wildman–Crippen MR) is 126 cm³/mol. The van der Waals surface area contributed by atoms with Crippen LogP contribution in [-0.2, 0) is 4.79 Å². The van der Waals surface area contributed by atoms with E-state index in [0.717, 1.165) is 11.3 Å². The molecule has 0 bridgehead atoms. The van der Waals surface area contributed by atoms with Gasteiger partial charge in [-0.2, -0.15) is 5.10 Å². The number of hydrogen-bond donors (Lipinski definition) is 3. The highest BCUT2D eigenvalue weighted by molar-refractivity contribution is 7.99. The normalized spacial score (nSPS) is 11.0. The van der Waals surface area contributed by atoms with Crippen LogP contribution in [0, 0.1) is 19.3 Å². The highest BCUT2D eigenvalue weighted by Gasteiger charge is 2.17. The van der Waals surface area contributed by atoms with Gasteiger partial charge in [0.05, 0.1) is 29.6 Å². The Balaban J connectivity index is 1.69. The van der Waals surface area contributed by atoms with E-state index >= 15 is 0 Å². The van der Waals surface area contributed by atoms with Crippen molar-refractivity contribution in [1.82, 2.24) is 19.7 Å². The Hall–Kier alpha value is -3.30. The summed E-state index contributed by atoms with van der Waals surface area (Å²) >= 11 is 7.56. The molecule has 8 nitrogen and oxygen atoms in total. The van der Waals surface area contributed by atoms with Gasteiger partial charge in [-0.1, -0.05) is 41.6 Å². The van der Waals surface area contributed by atoms with Gasteiger partial charge in [-0.3, -0.25) is 19.9 Å². The minimum Gasteiger partial charge on any atom is -0.495 e. The lowest BCUT2D eigenvalue weighted by atomic mass is 10.2. The zero-order valence-corrected chi connectivity index (χ0v) is 19.3. The van der Waals surface area contributed by atoms with E-state index < -0.39 is 0 Å². The number of thioether (sulfide) groups is 1. The average Bonchev–Trinajstić information content (AvgIpc) is 3.15. The van der Waals surface area contributed by atoms with Crippen LogP contribution in [0.2, 0.25) is 5.02 Å². The van der Waals surface area contributed by atoms with Crippen molar-refractivity contribution in [1.29, 1.82) is 5.41 Å². The second-order valence-electron chi connectivity index (χ2n) is 7.10. The number of benzene rings is 2. The van der Waals surface area contributed by atoms with Crippen molar-refractivity contribution in [2.45, 2.75) is 19.0 Å². The molecule has 2 heterocycles. The molecule has 2 aromatic carbocycles. The van der Waals surface area contributed by atoms with Crippen LogP contribution < -0.4 is 15.5 Å². The number of carbonyl (C=O) groups excluding carboxylic acids is 1. The zero-order valence-electron chi connectivity index (χ0n) is 17.7. The van der Waals surface area contributed by atoms with E-state index in [4.69, 9.17) is 21.7 Å². The van der Waals surface area contributed by atoms with Crippen LogP contribution in [0.15, 0.2) is 47.6 Å². The summed E-state index contributed by atoms with van der Waals surface area (Å²) in [6.45, 7) is 3.76. The SMILES string of the molecule is COc1ccccc1NC(=O)CSc1nc2n[nH]c(C)c2c(=N)n1-c1ccc(C)c(Cl)c1. The minimum atomic E-state index is -0.223. The Bertz CT molecular complexity index is 1380. The van der Waals surface area contributed by atoms with Gasteiger partial charge in [-0.05, 0) is 43.7 Å². The Morgan fingerprint density at radius 2 is 2.06 bits per heavy atom. The maximum Gasteiger partial charge on any atom is 0.234 e. The van der Waals surface area contributed by atoms with Crippen LogP contribution in [0.4, 0.5) is 5.69 Å². The first kappa shape index (κ1) is 21.9. The largest absolute Gasteiger partial charge is 0.495 e. The topological polar surface area (TPSA) is 109 Å². The standard InChI is InChI=1S/C22H21ClN6O2S/c1-12-8-9-14(10-15(12)23)29-20(24)19-13(2)27-28-21(19)26-22(29)32-11-18(30)25-16-6-4-5-7-17(16)31-3/h4-10,24H,11H2,1-3H3,(H,25,30)(H,27,28). The molecule has 0 aliphatic carbocycles. The Morgan fingerprint density at radius 3 is 2.81 bits per heavy atom.